The first kappa shape index (κ1) is 12.2. The number of benzene rings is 1. The molecule has 2 aromatic rings. The number of halogens is 1. The van der Waals surface area contributed by atoms with Crippen LogP contribution in [0, 0.1) is 0 Å². The zero-order valence-electron chi connectivity index (χ0n) is 9.01. The maximum absolute atomic E-state index is 11.7. The van der Waals surface area contributed by atoms with Gasteiger partial charge in [-0.05, 0) is 24.3 Å². The predicted octanol–water partition coefficient (Wildman–Crippen LogP) is 2.88. The minimum atomic E-state index is -1.17. The van der Waals surface area contributed by atoms with Crippen LogP contribution < -0.4 is 5.32 Å². The highest BCUT2D eigenvalue weighted by Crippen LogP contribution is 2.26. The Hall–Kier alpha value is -2.27. The van der Waals surface area contributed by atoms with Gasteiger partial charge in [-0.3, -0.25) is 4.79 Å². The normalized spacial score (nSPS) is 10.1. The number of carbonyl (C=O) groups excluding carboxylic acids is 1. The van der Waals surface area contributed by atoms with Gasteiger partial charge in [-0.25, -0.2) is 4.79 Å². The van der Waals surface area contributed by atoms with Crippen molar-refractivity contribution in [2.24, 2.45) is 0 Å². The Kier molecular flexibility index (Phi) is 3.34. The Labute approximate surface area is 107 Å². The summed E-state index contributed by atoms with van der Waals surface area (Å²) < 4.78 is 4.91. The van der Waals surface area contributed by atoms with Crippen LogP contribution in [0.5, 0.6) is 0 Å². The van der Waals surface area contributed by atoms with Crippen molar-refractivity contribution in [3.05, 3.63) is 52.9 Å². The number of carbonyl (C=O) groups is 2. The van der Waals surface area contributed by atoms with Crippen LogP contribution in [0.3, 0.4) is 0 Å². The van der Waals surface area contributed by atoms with Gasteiger partial charge in [-0.2, -0.15) is 0 Å². The molecular formula is C12H8ClNO4. The number of rotatable bonds is 3. The second-order valence-corrected chi connectivity index (χ2v) is 3.81. The van der Waals surface area contributed by atoms with E-state index in [0.29, 0.717) is 0 Å². The molecule has 0 aliphatic rings. The fraction of sp³-hybridized carbons (Fsp3) is 0. The van der Waals surface area contributed by atoms with Crippen LogP contribution >= 0.6 is 11.6 Å². The first-order chi connectivity index (χ1) is 8.59. The van der Waals surface area contributed by atoms with Crippen molar-refractivity contribution >= 4 is 29.2 Å². The Morgan fingerprint density at radius 2 is 2.00 bits per heavy atom. The lowest BCUT2D eigenvalue weighted by Gasteiger charge is -2.08. The Balaban J connectivity index is 2.34. The smallest absolute Gasteiger partial charge is 0.337 e. The van der Waals surface area contributed by atoms with E-state index in [0.717, 1.165) is 0 Å². The summed E-state index contributed by atoms with van der Waals surface area (Å²) in [6, 6.07) is 7.36. The van der Waals surface area contributed by atoms with Gasteiger partial charge in [0, 0.05) is 0 Å². The van der Waals surface area contributed by atoms with Crippen LogP contribution in [-0.4, -0.2) is 17.0 Å². The summed E-state index contributed by atoms with van der Waals surface area (Å²) in [5.74, 6) is -1.66. The summed E-state index contributed by atoms with van der Waals surface area (Å²) in [7, 11) is 0. The van der Waals surface area contributed by atoms with E-state index in [2.05, 4.69) is 5.32 Å². The number of amides is 1. The van der Waals surface area contributed by atoms with E-state index < -0.39 is 11.9 Å². The highest BCUT2D eigenvalue weighted by molar-refractivity contribution is 6.34. The fourth-order valence-electron chi connectivity index (χ4n) is 1.41. The van der Waals surface area contributed by atoms with E-state index in [4.69, 9.17) is 21.1 Å². The number of para-hydroxylation sites is 1. The summed E-state index contributed by atoms with van der Waals surface area (Å²) in [6.07, 6.45) is 1.35. The molecule has 1 amide bonds. The van der Waals surface area contributed by atoms with Gasteiger partial charge >= 0.3 is 5.97 Å². The van der Waals surface area contributed by atoms with Crippen LogP contribution in [0.1, 0.15) is 20.9 Å². The molecule has 1 aromatic carbocycles. The number of carboxylic acid groups (broad SMARTS) is 1. The second kappa shape index (κ2) is 4.93. The Bertz CT molecular complexity index is 592. The first-order valence-electron chi connectivity index (χ1n) is 4.96. The molecule has 2 N–H and O–H groups in total. The SMILES string of the molecule is O=C(Nc1c(Cl)cccc1C(=O)O)c1ccco1. The fourth-order valence-corrected chi connectivity index (χ4v) is 1.63. The number of carboxylic acids is 1. The maximum Gasteiger partial charge on any atom is 0.337 e. The van der Waals surface area contributed by atoms with Crippen molar-refractivity contribution in [2.45, 2.75) is 0 Å². The van der Waals surface area contributed by atoms with Crippen molar-refractivity contribution in [1.29, 1.82) is 0 Å². The number of anilines is 1. The number of nitrogens with one attached hydrogen (secondary N) is 1. The van der Waals surface area contributed by atoms with Crippen LogP contribution in [-0.2, 0) is 0 Å². The largest absolute Gasteiger partial charge is 0.478 e. The molecule has 92 valence electrons. The number of hydrogen-bond donors (Lipinski definition) is 2. The number of hydrogen-bond acceptors (Lipinski definition) is 3. The summed E-state index contributed by atoms with van der Waals surface area (Å²) in [5, 5.41) is 11.6. The van der Waals surface area contributed by atoms with Gasteiger partial charge < -0.3 is 14.8 Å². The minimum Gasteiger partial charge on any atom is -0.478 e. The molecule has 0 atom stereocenters. The molecule has 1 aromatic heterocycles. The highest BCUT2D eigenvalue weighted by atomic mass is 35.5. The third-order valence-electron chi connectivity index (χ3n) is 2.23. The molecule has 5 nitrogen and oxygen atoms in total. The second-order valence-electron chi connectivity index (χ2n) is 3.40. The molecular weight excluding hydrogens is 258 g/mol. The monoisotopic (exact) mass is 265 g/mol. The Morgan fingerprint density at radius 1 is 1.22 bits per heavy atom. The molecule has 0 spiro atoms. The third kappa shape index (κ3) is 2.36. The van der Waals surface area contributed by atoms with Gasteiger partial charge in [0.2, 0.25) is 0 Å². The molecule has 0 aliphatic heterocycles. The van der Waals surface area contributed by atoms with Crippen LogP contribution in [0.15, 0.2) is 41.0 Å². The van der Waals surface area contributed by atoms with Gasteiger partial charge in [0.25, 0.3) is 5.91 Å². The summed E-state index contributed by atoms with van der Waals surface area (Å²) in [6.45, 7) is 0. The lowest BCUT2D eigenvalue weighted by molar-refractivity contribution is 0.0698. The van der Waals surface area contributed by atoms with Crippen molar-refractivity contribution in [2.75, 3.05) is 5.32 Å². The highest BCUT2D eigenvalue weighted by Gasteiger charge is 2.17. The number of aromatic carboxylic acids is 1. The van der Waals surface area contributed by atoms with Crippen molar-refractivity contribution < 1.29 is 19.1 Å². The van der Waals surface area contributed by atoms with Crippen molar-refractivity contribution in [3.63, 3.8) is 0 Å². The molecule has 0 saturated carbocycles. The molecule has 0 unspecified atom stereocenters. The zero-order chi connectivity index (χ0) is 13.1. The Morgan fingerprint density at radius 3 is 2.61 bits per heavy atom. The molecule has 2 rings (SSSR count). The lowest BCUT2D eigenvalue weighted by atomic mass is 10.1. The third-order valence-corrected chi connectivity index (χ3v) is 2.54. The molecule has 1 heterocycles. The maximum atomic E-state index is 11.7. The topological polar surface area (TPSA) is 79.5 Å². The average Bonchev–Trinajstić information content (AvgIpc) is 2.85. The van der Waals surface area contributed by atoms with E-state index in [1.54, 1.807) is 6.07 Å². The standard InChI is InChI=1S/C12H8ClNO4/c13-8-4-1-3-7(12(16)17)10(8)14-11(15)9-5-2-6-18-9/h1-6H,(H,14,15)(H,16,17). The number of furan rings is 1. The van der Waals surface area contributed by atoms with E-state index >= 15 is 0 Å². The zero-order valence-corrected chi connectivity index (χ0v) is 9.77. The molecule has 0 bridgehead atoms. The van der Waals surface area contributed by atoms with E-state index in [1.807, 2.05) is 0 Å². The van der Waals surface area contributed by atoms with Crippen LogP contribution in [0.25, 0.3) is 0 Å². The molecule has 0 aliphatic carbocycles. The lowest BCUT2D eigenvalue weighted by Crippen LogP contribution is -2.14. The van der Waals surface area contributed by atoms with Gasteiger partial charge in [-0.15, -0.1) is 0 Å². The quantitative estimate of drug-likeness (QED) is 0.894. The molecule has 0 saturated heterocycles. The van der Waals surface area contributed by atoms with Gasteiger partial charge in [-0.1, -0.05) is 17.7 Å². The molecule has 0 fully saturated rings. The van der Waals surface area contributed by atoms with Gasteiger partial charge in [0.15, 0.2) is 5.76 Å². The van der Waals surface area contributed by atoms with E-state index in [1.165, 1.54) is 30.5 Å². The molecule has 6 heteroatoms. The summed E-state index contributed by atoms with van der Waals surface area (Å²) >= 11 is 5.87. The summed E-state index contributed by atoms with van der Waals surface area (Å²) in [4.78, 5) is 22.8. The van der Waals surface area contributed by atoms with E-state index in [9.17, 15) is 9.59 Å². The summed E-state index contributed by atoms with van der Waals surface area (Å²) in [5.41, 5.74) is -0.0320. The van der Waals surface area contributed by atoms with Gasteiger partial charge in [0.1, 0.15) is 0 Å². The first-order valence-corrected chi connectivity index (χ1v) is 5.34. The predicted molar refractivity (Wildman–Crippen MR) is 65.1 cm³/mol. The molecule has 18 heavy (non-hydrogen) atoms. The molecule has 0 radical (unpaired) electrons. The minimum absolute atomic E-state index is 0.0491. The average molecular weight is 266 g/mol. The van der Waals surface area contributed by atoms with Crippen LogP contribution in [0.2, 0.25) is 5.02 Å². The van der Waals surface area contributed by atoms with Crippen molar-refractivity contribution in [1.82, 2.24) is 0 Å². The van der Waals surface area contributed by atoms with Gasteiger partial charge in [0.05, 0.1) is 22.5 Å². The van der Waals surface area contributed by atoms with Crippen molar-refractivity contribution in [3.8, 4) is 0 Å². The van der Waals surface area contributed by atoms with E-state index in [-0.39, 0.29) is 22.0 Å². The van der Waals surface area contributed by atoms with Crippen LogP contribution in [0.4, 0.5) is 5.69 Å².